The molecule has 0 aromatic rings. The summed E-state index contributed by atoms with van der Waals surface area (Å²) in [5, 5.41) is 17.1. The van der Waals surface area contributed by atoms with Crippen LogP contribution >= 0.6 is 24.0 Å². The van der Waals surface area contributed by atoms with Crippen molar-refractivity contribution in [1.29, 1.82) is 0 Å². The average molecular weight is 518 g/mol. The monoisotopic (exact) mass is 518 g/mol. The molecule has 1 aliphatic carbocycles. The molecule has 0 aromatic heterocycles. The molecule has 10 heteroatoms. The van der Waals surface area contributed by atoms with Crippen LogP contribution in [0.5, 0.6) is 0 Å². The number of ether oxygens (including phenoxy) is 1. The Balaban J connectivity index is 0.00000364. The van der Waals surface area contributed by atoms with Gasteiger partial charge in [0.15, 0.2) is 5.96 Å². The van der Waals surface area contributed by atoms with Gasteiger partial charge in [0.25, 0.3) is 0 Å². The van der Waals surface area contributed by atoms with E-state index in [-0.39, 0.29) is 41.7 Å². The minimum atomic E-state index is -2.99. The van der Waals surface area contributed by atoms with Crippen molar-refractivity contribution in [2.24, 2.45) is 10.4 Å². The van der Waals surface area contributed by atoms with E-state index in [0.29, 0.717) is 38.8 Å². The molecule has 1 unspecified atom stereocenters. The number of nitrogens with zero attached hydrogens (tertiary/aromatic N) is 2. The summed E-state index contributed by atoms with van der Waals surface area (Å²) in [7, 11) is -2.99. The second-order valence-corrected chi connectivity index (χ2v) is 10.1. The van der Waals surface area contributed by atoms with Gasteiger partial charge in [0.2, 0.25) is 0 Å². The molecule has 0 spiro atoms. The van der Waals surface area contributed by atoms with Crippen LogP contribution in [0.2, 0.25) is 0 Å². The van der Waals surface area contributed by atoms with Crippen molar-refractivity contribution in [3.8, 4) is 0 Å². The maximum atomic E-state index is 11.6. The Morgan fingerprint density at radius 3 is 2.44 bits per heavy atom. The van der Waals surface area contributed by atoms with E-state index in [4.69, 9.17) is 4.74 Å². The number of hydrogen-bond donors (Lipinski definition) is 3. The van der Waals surface area contributed by atoms with Crippen LogP contribution in [0.25, 0.3) is 0 Å². The van der Waals surface area contributed by atoms with Crippen molar-refractivity contribution in [1.82, 2.24) is 15.5 Å². The van der Waals surface area contributed by atoms with Crippen molar-refractivity contribution < 1.29 is 18.3 Å². The smallest absolute Gasteiger partial charge is 0.191 e. The number of morpholine rings is 1. The second kappa shape index (κ2) is 10.6. The molecular weight excluding hydrogens is 483 g/mol. The molecule has 2 aliphatic rings. The molecule has 1 atom stereocenters. The summed E-state index contributed by atoms with van der Waals surface area (Å²) < 4.78 is 28.5. The van der Waals surface area contributed by atoms with Gasteiger partial charge in [-0.05, 0) is 26.7 Å². The van der Waals surface area contributed by atoms with Crippen molar-refractivity contribution >= 4 is 39.8 Å². The van der Waals surface area contributed by atoms with E-state index in [1.807, 2.05) is 6.92 Å². The topological polar surface area (TPSA) is 103 Å². The lowest BCUT2D eigenvalue weighted by atomic mass is 10.1. The van der Waals surface area contributed by atoms with Gasteiger partial charge < -0.3 is 20.5 Å². The minimum absolute atomic E-state index is 0. The third kappa shape index (κ3) is 9.73. The fourth-order valence-electron chi connectivity index (χ4n) is 3.26. The molecule has 27 heavy (non-hydrogen) atoms. The molecule has 1 aliphatic heterocycles. The van der Waals surface area contributed by atoms with Gasteiger partial charge in [-0.3, -0.25) is 9.89 Å². The molecule has 2 fully saturated rings. The van der Waals surface area contributed by atoms with Gasteiger partial charge >= 0.3 is 0 Å². The first kappa shape index (κ1) is 24.9. The zero-order chi connectivity index (χ0) is 19.3. The lowest BCUT2D eigenvalue weighted by molar-refractivity contribution is -0.0180. The number of guanidine groups is 1. The third-order valence-corrected chi connectivity index (χ3v) is 5.88. The van der Waals surface area contributed by atoms with Crippen LogP contribution in [0.4, 0.5) is 0 Å². The van der Waals surface area contributed by atoms with E-state index in [1.54, 1.807) is 6.92 Å². The molecule has 3 N–H and O–H groups in total. The van der Waals surface area contributed by atoms with Gasteiger partial charge in [0.1, 0.15) is 9.84 Å². The van der Waals surface area contributed by atoms with Crippen LogP contribution in [-0.4, -0.2) is 94.5 Å². The molecular formula is C17H35IN4O4S. The van der Waals surface area contributed by atoms with Crippen LogP contribution in [-0.2, 0) is 14.6 Å². The number of aliphatic hydroxyl groups is 1. The van der Waals surface area contributed by atoms with E-state index in [9.17, 15) is 13.5 Å². The zero-order valence-corrected chi connectivity index (χ0v) is 19.8. The highest BCUT2D eigenvalue weighted by molar-refractivity contribution is 14.0. The molecule has 0 amide bonds. The number of halogens is 1. The average Bonchev–Trinajstić information content (AvgIpc) is 3.28. The fourth-order valence-corrected chi connectivity index (χ4v) is 4.76. The van der Waals surface area contributed by atoms with E-state index in [2.05, 4.69) is 20.5 Å². The maximum absolute atomic E-state index is 11.6. The first-order valence-electron chi connectivity index (χ1n) is 9.36. The SMILES string of the molecule is CCNC(=NCC(C)(O)CN1CCOCC1)NCC1(CS(C)(=O)=O)CC1.I. The van der Waals surface area contributed by atoms with Gasteiger partial charge in [-0.25, -0.2) is 8.42 Å². The van der Waals surface area contributed by atoms with E-state index in [1.165, 1.54) is 6.26 Å². The zero-order valence-electron chi connectivity index (χ0n) is 16.7. The van der Waals surface area contributed by atoms with Crippen LogP contribution in [0, 0.1) is 5.41 Å². The molecule has 1 saturated carbocycles. The van der Waals surface area contributed by atoms with Crippen LogP contribution in [0.15, 0.2) is 4.99 Å². The van der Waals surface area contributed by atoms with Gasteiger partial charge in [0, 0.05) is 44.4 Å². The summed E-state index contributed by atoms with van der Waals surface area (Å²) in [6.45, 7) is 8.94. The minimum Gasteiger partial charge on any atom is -0.387 e. The van der Waals surface area contributed by atoms with Crippen molar-refractivity contribution in [3.63, 3.8) is 0 Å². The number of β-amino-alcohol motifs (C(OH)–C–C–N with tert-alkyl or cyclic N) is 1. The lowest BCUT2D eigenvalue weighted by Crippen LogP contribution is -2.48. The van der Waals surface area contributed by atoms with Gasteiger partial charge in [-0.2, -0.15) is 0 Å². The van der Waals surface area contributed by atoms with E-state index in [0.717, 1.165) is 25.9 Å². The highest BCUT2D eigenvalue weighted by Gasteiger charge is 2.45. The third-order valence-electron chi connectivity index (χ3n) is 4.75. The number of aliphatic imine (C=N–C) groups is 1. The van der Waals surface area contributed by atoms with Crippen LogP contribution in [0.3, 0.4) is 0 Å². The van der Waals surface area contributed by atoms with E-state index < -0.39 is 15.4 Å². The largest absolute Gasteiger partial charge is 0.387 e. The summed E-state index contributed by atoms with van der Waals surface area (Å²) in [6, 6.07) is 0. The summed E-state index contributed by atoms with van der Waals surface area (Å²) in [5.74, 6) is 0.829. The predicted octanol–water partition coefficient (Wildman–Crippen LogP) is 0.0675. The number of rotatable bonds is 9. The molecule has 2 rings (SSSR count). The summed E-state index contributed by atoms with van der Waals surface area (Å²) in [5.41, 5.74) is -1.09. The van der Waals surface area contributed by atoms with Crippen molar-refractivity contribution in [3.05, 3.63) is 0 Å². The van der Waals surface area contributed by atoms with Gasteiger partial charge in [-0.1, -0.05) is 0 Å². The fraction of sp³-hybridized carbons (Fsp3) is 0.941. The molecule has 160 valence electrons. The lowest BCUT2D eigenvalue weighted by Gasteiger charge is -2.33. The van der Waals surface area contributed by atoms with Gasteiger partial charge in [0.05, 0.1) is 31.1 Å². The maximum Gasteiger partial charge on any atom is 0.191 e. The summed E-state index contributed by atoms with van der Waals surface area (Å²) >= 11 is 0. The Morgan fingerprint density at radius 2 is 1.93 bits per heavy atom. The number of hydrogen-bond acceptors (Lipinski definition) is 6. The van der Waals surface area contributed by atoms with Gasteiger partial charge in [-0.15, -0.1) is 24.0 Å². The molecule has 0 aromatic carbocycles. The molecule has 0 bridgehead atoms. The molecule has 8 nitrogen and oxygen atoms in total. The number of sulfone groups is 1. The predicted molar refractivity (Wildman–Crippen MR) is 119 cm³/mol. The summed E-state index contributed by atoms with van der Waals surface area (Å²) in [6.07, 6.45) is 3.12. The Bertz CT molecular complexity index is 588. The quantitative estimate of drug-likeness (QED) is 0.226. The Morgan fingerprint density at radius 1 is 1.30 bits per heavy atom. The highest BCUT2D eigenvalue weighted by Crippen LogP contribution is 2.45. The molecule has 1 saturated heterocycles. The normalized spacial score (nSPS) is 22.4. The summed E-state index contributed by atoms with van der Waals surface area (Å²) in [4.78, 5) is 6.70. The van der Waals surface area contributed by atoms with E-state index >= 15 is 0 Å². The Kier molecular flexibility index (Phi) is 9.73. The molecule has 1 heterocycles. The highest BCUT2D eigenvalue weighted by atomic mass is 127. The molecule has 0 radical (unpaired) electrons. The van der Waals surface area contributed by atoms with Crippen molar-refractivity contribution in [2.75, 3.05) is 64.5 Å². The standard InChI is InChI=1S/C17H34N4O4S.HI/c1-4-18-15(20-12-17(5-6-17)14-26(3,23)24)19-11-16(2,22)13-21-7-9-25-10-8-21;/h22H,4-14H2,1-3H3,(H2,18,19,20);1H. The van der Waals surface area contributed by atoms with Crippen LogP contribution in [0.1, 0.15) is 26.7 Å². The Labute approximate surface area is 180 Å². The van der Waals surface area contributed by atoms with Crippen LogP contribution < -0.4 is 10.6 Å². The number of nitrogens with one attached hydrogen (secondary N) is 2. The first-order valence-corrected chi connectivity index (χ1v) is 11.4. The second-order valence-electron chi connectivity index (χ2n) is 8.00. The first-order chi connectivity index (χ1) is 12.1. The Hall–Kier alpha value is -0.170. The van der Waals surface area contributed by atoms with Crippen molar-refractivity contribution in [2.45, 2.75) is 32.3 Å².